The Balaban J connectivity index is 2.39. The van der Waals surface area contributed by atoms with E-state index in [4.69, 9.17) is 0 Å². The summed E-state index contributed by atoms with van der Waals surface area (Å²) in [6.07, 6.45) is 1.32. The zero-order chi connectivity index (χ0) is 15.6. The van der Waals surface area contributed by atoms with Crippen molar-refractivity contribution < 1.29 is 13.5 Å². The van der Waals surface area contributed by atoms with Crippen LogP contribution in [0.15, 0.2) is 35.5 Å². The number of phenolic OH excluding ortho intramolecular Hbond substituents is 1. The SMILES string of the molecule is CCN(C(C)c1cccc(O)c1)S(=O)(=O)c1cnc(C)[nH]1. The summed E-state index contributed by atoms with van der Waals surface area (Å²) in [4.78, 5) is 6.70. The molecule has 0 spiro atoms. The lowest BCUT2D eigenvalue weighted by molar-refractivity contribution is 0.354. The van der Waals surface area contributed by atoms with E-state index in [9.17, 15) is 13.5 Å². The van der Waals surface area contributed by atoms with E-state index in [1.165, 1.54) is 10.5 Å². The van der Waals surface area contributed by atoms with Crippen LogP contribution in [0.5, 0.6) is 5.75 Å². The first kappa shape index (κ1) is 15.5. The van der Waals surface area contributed by atoms with E-state index in [0.29, 0.717) is 12.4 Å². The van der Waals surface area contributed by atoms with Crippen LogP contribution in [0.3, 0.4) is 0 Å². The van der Waals surface area contributed by atoms with Crippen molar-refractivity contribution in [1.29, 1.82) is 0 Å². The Morgan fingerprint density at radius 1 is 1.43 bits per heavy atom. The van der Waals surface area contributed by atoms with E-state index in [0.717, 1.165) is 5.56 Å². The van der Waals surface area contributed by atoms with Gasteiger partial charge in [0, 0.05) is 12.6 Å². The summed E-state index contributed by atoms with van der Waals surface area (Å²) in [5.41, 5.74) is 0.733. The molecule has 1 aromatic carbocycles. The second-order valence-corrected chi connectivity index (χ2v) is 6.67. The Bertz CT molecular complexity index is 725. The predicted molar refractivity (Wildman–Crippen MR) is 79.4 cm³/mol. The van der Waals surface area contributed by atoms with Crippen molar-refractivity contribution >= 4 is 10.0 Å². The number of aromatic nitrogens is 2. The van der Waals surface area contributed by atoms with Gasteiger partial charge in [0.15, 0.2) is 5.03 Å². The summed E-state index contributed by atoms with van der Waals surface area (Å²) >= 11 is 0. The fourth-order valence-electron chi connectivity index (χ4n) is 2.26. The van der Waals surface area contributed by atoms with E-state index < -0.39 is 16.1 Å². The maximum atomic E-state index is 12.7. The van der Waals surface area contributed by atoms with Crippen molar-refractivity contribution in [2.75, 3.05) is 6.54 Å². The first-order valence-electron chi connectivity index (χ1n) is 6.68. The van der Waals surface area contributed by atoms with Gasteiger partial charge < -0.3 is 10.1 Å². The molecule has 2 aromatic rings. The Kier molecular flexibility index (Phi) is 4.34. The molecule has 0 saturated carbocycles. The number of imidazole rings is 1. The van der Waals surface area contributed by atoms with E-state index in [1.54, 1.807) is 45.0 Å². The van der Waals surface area contributed by atoms with Gasteiger partial charge in [0.2, 0.25) is 0 Å². The fourth-order valence-corrected chi connectivity index (χ4v) is 3.85. The first-order valence-corrected chi connectivity index (χ1v) is 8.12. The third-order valence-corrected chi connectivity index (χ3v) is 5.32. The van der Waals surface area contributed by atoms with Gasteiger partial charge in [0.05, 0.1) is 6.20 Å². The van der Waals surface area contributed by atoms with Gasteiger partial charge >= 0.3 is 0 Å². The van der Waals surface area contributed by atoms with Crippen LogP contribution in [-0.4, -0.2) is 34.3 Å². The minimum Gasteiger partial charge on any atom is -0.508 e. The smallest absolute Gasteiger partial charge is 0.260 e. The summed E-state index contributed by atoms with van der Waals surface area (Å²) in [6.45, 7) is 5.59. The normalized spacial score (nSPS) is 13.5. The van der Waals surface area contributed by atoms with E-state index >= 15 is 0 Å². The molecule has 0 radical (unpaired) electrons. The maximum Gasteiger partial charge on any atom is 0.260 e. The third kappa shape index (κ3) is 3.08. The molecule has 0 amide bonds. The van der Waals surface area contributed by atoms with Gasteiger partial charge in [-0.1, -0.05) is 19.1 Å². The van der Waals surface area contributed by atoms with Gasteiger partial charge in [0.25, 0.3) is 10.0 Å². The van der Waals surface area contributed by atoms with Gasteiger partial charge in [0.1, 0.15) is 11.6 Å². The number of aryl methyl sites for hydroxylation is 1. The van der Waals surface area contributed by atoms with Crippen LogP contribution < -0.4 is 0 Å². The molecule has 1 heterocycles. The van der Waals surface area contributed by atoms with Crippen molar-refractivity contribution in [3.8, 4) is 5.75 Å². The van der Waals surface area contributed by atoms with Gasteiger partial charge in [-0.25, -0.2) is 13.4 Å². The topological polar surface area (TPSA) is 86.3 Å². The van der Waals surface area contributed by atoms with Crippen LogP contribution in [0.25, 0.3) is 0 Å². The molecule has 1 unspecified atom stereocenters. The summed E-state index contributed by atoms with van der Waals surface area (Å²) in [5.74, 6) is 0.667. The number of phenols is 1. The average molecular weight is 309 g/mol. The summed E-state index contributed by atoms with van der Waals surface area (Å²) in [6, 6.07) is 6.22. The highest BCUT2D eigenvalue weighted by Gasteiger charge is 2.30. The molecule has 0 saturated heterocycles. The molecule has 2 N–H and O–H groups in total. The summed E-state index contributed by atoms with van der Waals surface area (Å²) in [7, 11) is -3.66. The number of rotatable bonds is 5. The Labute approximate surface area is 124 Å². The Morgan fingerprint density at radius 2 is 2.14 bits per heavy atom. The maximum absolute atomic E-state index is 12.7. The fraction of sp³-hybridized carbons (Fsp3) is 0.357. The standard InChI is InChI=1S/C14H19N3O3S/c1-4-17(10(2)12-6-5-7-13(18)8-12)21(19,20)14-9-15-11(3)16-14/h5-10,18H,4H2,1-3H3,(H,15,16). The van der Waals surface area contributed by atoms with Gasteiger partial charge in [-0.2, -0.15) is 4.31 Å². The lowest BCUT2D eigenvalue weighted by Gasteiger charge is -2.26. The van der Waals surface area contributed by atoms with Crippen LogP contribution >= 0.6 is 0 Å². The number of aromatic hydroxyl groups is 1. The van der Waals surface area contributed by atoms with Crippen molar-refractivity contribution in [2.24, 2.45) is 0 Å². The number of H-pyrrole nitrogens is 1. The van der Waals surface area contributed by atoms with E-state index in [-0.39, 0.29) is 10.8 Å². The third-order valence-electron chi connectivity index (χ3n) is 3.36. The van der Waals surface area contributed by atoms with Gasteiger partial charge in [-0.15, -0.1) is 0 Å². The molecule has 6 nitrogen and oxygen atoms in total. The van der Waals surface area contributed by atoms with E-state index in [1.807, 2.05) is 0 Å². The minimum absolute atomic E-state index is 0.0776. The molecular weight excluding hydrogens is 290 g/mol. The largest absolute Gasteiger partial charge is 0.508 e. The van der Waals surface area contributed by atoms with Crippen LogP contribution in [0.2, 0.25) is 0 Å². The van der Waals surface area contributed by atoms with E-state index in [2.05, 4.69) is 9.97 Å². The molecule has 21 heavy (non-hydrogen) atoms. The second kappa shape index (κ2) is 5.87. The molecule has 0 bridgehead atoms. The monoisotopic (exact) mass is 309 g/mol. The summed E-state index contributed by atoms with van der Waals surface area (Å²) < 4.78 is 26.7. The number of nitrogens with one attached hydrogen (secondary N) is 1. The molecule has 0 aliphatic heterocycles. The number of sulfonamides is 1. The molecule has 114 valence electrons. The zero-order valence-electron chi connectivity index (χ0n) is 12.2. The molecule has 0 aliphatic rings. The Hall–Kier alpha value is -1.86. The number of benzene rings is 1. The molecule has 0 fully saturated rings. The molecular formula is C14H19N3O3S. The molecule has 7 heteroatoms. The molecule has 2 rings (SSSR count). The molecule has 1 aromatic heterocycles. The highest BCUT2D eigenvalue weighted by atomic mass is 32.2. The Morgan fingerprint density at radius 3 is 2.67 bits per heavy atom. The van der Waals surface area contributed by atoms with Gasteiger partial charge in [-0.05, 0) is 31.5 Å². The second-order valence-electron chi connectivity index (χ2n) is 4.81. The van der Waals surface area contributed by atoms with Crippen LogP contribution in [0.1, 0.15) is 31.3 Å². The van der Waals surface area contributed by atoms with Crippen molar-refractivity contribution in [2.45, 2.75) is 31.8 Å². The van der Waals surface area contributed by atoms with Crippen LogP contribution in [0, 0.1) is 6.92 Å². The number of hydrogen-bond acceptors (Lipinski definition) is 4. The molecule has 1 atom stereocenters. The van der Waals surface area contributed by atoms with Crippen LogP contribution in [0.4, 0.5) is 0 Å². The number of nitrogens with zero attached hydrogens (tertiary/aromatic N) is 2. The number of aromatic amines is 1. The lowest BCUT2D eigenvalue weighted by Crippen LogP contribution is -2.33. The minimum atomic E-state index is -3.66. The van der Waals surface area contributed by atoms with Crippen LogP contribution in [-0.2, 0) is 10.0 Å². The quantitative estimate of drug-likeness (QED) is 0.886. The van der Waals surface area contributed by atoms with Crippen molar-refractivity contribution in [3.05, 3.63) is 41.9 Å². The van der Waals surface area contributed by atoms with Gasteiger partial charge in [-0.3, -0.25) is 0 Å². The lowest BCUT2D eigenvalue weighted by atomic mass is 10.1. The average Bonchev–Trinajstić information content (AvgIpc) is 2.86. The van der Waals surface area contributed by atoms with Crippen molar-refractivity contribution in [3.63, 3.8) is 0 Å². The summed E-state index contributed by atoms with van der Waals surface area (Å²) in [5, 5.41) is 9.63. The number of hydrogen-bond donors (Lipinski definition) is 2. The highest BCUT2D eigenvalue weighted by molar-refractivity contribution is 7.89. The predicted octanol–water partition coefficient (Wildman–Crippen LogP) is 2.20. The molecule has 0 aliphatic carbocycles. The first-order chi connectivity index (χ1) is 9.86. The zero-order valence-corrected chi connectivity index (χ0v) is 13.1. The highest BCUT2D eigenvalue weighted by Crippen LogP contribution is 2.28. The van der Waals surface area contributed by atoms with Crippen molar-refractivity contribution in [1.82, 2.24) is 14.3 Å².